The summed E-state index contributed by atoms with van der Waals surface area (Å²) in [5.74, 6) is 0. The fourth-order valence-electron chi connectivity index (χ4n) is 1.83. The third-order valence-corrected chi connectivity index (χ3v) is 2.49. The molecular formula is C7H11O. The molecule has 0 aromatic rings. The van der Waals surface area contributed by atoms with Crippen LogP contribution in [-0.4, -0.2) is 11.2 Å². The summed E-state index contributed by atoms with van der Waals surface area (Å²) in [4.78, 5) is 0. The molecule has 2 aliphatic carbocycles. The van der Waals surface area contributed by atoms with E-state index in [1.54, 1.807) is 0 Å². The van der Waals surface area contributed by atoms with Crippen LogP contribution in [0.25, 0.3) is 0 Å². The van der Waals surface area contributed by atoms with Gasteiger partial charge in [-0.3, -0.25) is 0 Å². The van der Waals surface area contributed by atoms with Crippen LogP contribution in [0.15, 0.2) is 0 Å². The summed E-state index contributed by atoms with van der Waals surface area (Å²) in [6, 6.07) is 0. The Hall–Kier alpha value is -0.0400. The zero-order valence-electron chi connectivity index (χ0n) is 4.93. The molecule has 1 heteroatoms. The molecular weight excluding hydrogens is 100 g/mol. The van der Waals surface area contributed by atoms with Crippen molar-refractivity contribution in [2.24, 2.45) is 5.41 Å². The third kappa shape index (κ3) is 0.455. The Morgan fingerprint density at radius 2 is 2.00 bits per heavy atom. The molecule has 1 N–H and O–H groups in total. The van der Waals surface area contributed by atoms with Gasteiger partial charge >= 0.3 is 0 Å². The minimum absolute atomic E-state index is 0.0451. The maximum Gasteiger partial charge on any atom is 0.0550 e. The van der Waals surface area contributed by atoms with E-state index in [0.717, 1.165) is 12.8 Å². The third-order valence-electron chi connectivity index (χ3n) is 2.49. The Kier molecular flexibility index (Phi) is 0.762. The van der Waals surface area contributed by atoms with Gasteiger partial charge in [0.05, 0.1) is 6.10 Å². The summed E-state index contributed by atoms with van der Waals surface area (Å²) in [7, 11) is 0. The maximum atomic E-state index is 8.93. The molecule has 0 aromatic carbocycles. The van der Waals surface area contributed by atoms with E-state index in [-0.39, 0.29) is 6.10 Å². The van der Waals surface area contributed by atoms with Gasteiger partial charge in [-0.25, -0.2) is 0 Å². The molecule has 0 aromatic heterocycles. The van der Waals surface area contributed by atoms with Gasteiger partial charge in [0, 0.05) is 0 Å². The average molecular weight is 111 g/mol. The first kappa shape index (κ1) is 4.80. The summed E-state index contributed by atoms with van der Waals surface area (Å²) >= 11 is 0. The maximum absolute atomic E-state index is 8.93. The van der Waals surface area contributed by atoms with Gasteiger partial charge in [-0.15, -0.1) is 0 Å². The molecule has 1 nitrogen and oxygen atoms in total. The van der Waals surface area contributed by atoms with E-state index >= 15 is 0 Å². The molecule has 1 radical (unpaired) electrons. The van der Waals surface area contributed by atoms with Crippen LogP contribution in [0.3, 0.4) is 0 Å². The lowest BCUT2D eigenvalue weighted by Crippen LogP contribution is -2.45. The van der Waals surface area contributed by atoms with Crippen molar-refractivity contribution in [1.29, 1.82) is 0 Å². The van der Waals surface area contributed by atoms with Gasteiger partial charge in [0.1, 0.15) is 0 Å². The summed E-state index contributed by atoms with van der Waals surface area (Å²) < 4.78 is 0. The quantitative estimate of drug-likeness (QED) is 0.496. The van der Waals surface area contributed by atoms with Gasteiger partial charge in [-0.1, -0.05) is 0 Å². The van der Waals surface area contributed by atoms with Gasteiger partial charge in [-0.2, -0.15) is 0 Å². The molecule has 2 rings (SSSR count). The first-order valence-electron chi connectivity index (χ1n) is 3.31. The van der Waals surface area contributed by atoms with E-state index < -0.39 is 0 Å². The van der Waals surface area contributed by atoms with E-state index in [9.17, 15) is 0 Å². The molecule has 2 saturated carbocycles. The van der Waals surface area contributed by atoms with Gasteiger partial charge in [0.2, 0.25) is 0 Å². The normalized spacial score (nSPS) is 34.1. The van der Waals surface area contributed by atoms with E-state index in [0.29, 0.717) is 5.41 Å². The van der Waals surface area contributed by atoms with Crippen molar-refractivity contribution in [2.75, 3.05) is 0 Å². The molecule has 0 unspecified atom stereocenters. The first-order chi connectivity index (χ1) is 3.81. The van der Waals surface area contributed by atoms with Gasteiger partial charge in [0.15, 0.2) is 0 Å². The van der Waals surface area contributed by atoms with Gasteiger partial charge in [-0.05, 0) is 37.5 Å². The molecule has 0 aliphatic heterocycles. The molecule has 2 fully saturated rings. The molecule has 0 saturated heterocycles. The van der Waals surface area contributed by atoms with Crippen molar-refractivity contribution >= 4 is 0 Å². The lowest BCUT2D eigenvalue weighted by atomic mass is 9.55. The monoisotopic (exact) mass is 111 g/mol. The number of rotatable bonds is 0. The Balaban J connectivity index is 1.92. The minimum atomic E-state index is 0.0451. The number of hydrogen-bond donors (Lipinski definition) is 1. The minimum Gasteiger partial charge on any atom is -0.393 e. The lowest BCUT2D eigenvalue weighted by molar-refractivity contribution is -0.0588. The van der Waals surface area contributed by atoms with Crippen LogP contribution in [-0.2, 0) is 0 Å². The summed E-state index contributed by atoms with van der Waals surface area (Å²) in [6.45, 7) is 0. The lowest BCUT2D eigenvalue weighted by Gasteiger charge is -2.52. The van der Waals surface area contributed by atoms with Gasteiger partial charge in [0.25, 0.3) is 0 Å². The average Bonchev–Trinajstić information content (AvgIpc) is 1.51. The zero-order chi connectivity index (χ0) is 5.61. The fourth-order valence-corrected chi connectivity index (χ4v) is 1.83. The smallest absolute Gasteiger partial charge is 0.0550 e. The topological polar surface area (TPSA) is 20.2 Å². The molecule has 1 spiro atoms. The second-order valence-corrected chi connectivity index (χ2v) is 3.26. The summed E-state index contributed by atoms with van der Waals surface area (Å²) in [6.07, 6.45) is 7.04. The van der Waals surface area contributed by atoms with Crippen LogP contribution in [0.4, 0.5) is 0 Å². The van der Waals surface area contributed by atoms with Crippen molar-refractivity contribution in [2.45, 2.75) is 31.8 Å². The highest BCUT2D eigenvalue weighted by Crippen LogP contribution is 2.55. The van der Waals surface area contributed by atoms with Gasteiger partial charge < -0.3 is 5.11 Å². The highest BCUT2D eigenvalue weighted by atomic mass is 16.3. The van der Waals surface area contributed by atoms with Crippen LogP contribution >= 0.6 is 0 Å². The fraction of sp³-hybridized carbons (Fsp3) is 0.857. The Morgan fingerprint density at radius 3 is 2.12 bits per heavy atom. The molecule has 0 heterocycles. The zero-order valence-corrected chi connectivity index (χ0v) is 4.93. The Labute approximate surface area is 49.7 Å². The molecule has 0 bridgehead atoms. The van der Waals surface area contributed by atoms with Crippen LogP contribution < -0.4 is 0 Å². The van der Waals surface area contributed by atoms with Crippen LogP contribution in [0.5, 0.6) is 0 Å². The second-order valence-electron chi connectivity index (χ2n) is 3.26. The second kappa shape index (κ2) is 1.27. The van der Waals surface area contributed by atoms with Crippen LogP contribution in [0, 0.1) is 11.8 Å². The number of hydrogen-bond acceptors (Lipinski definition) is 1. The highest BCUT2D eigenvalue weighted by molar-refractivity contribution is 5.06. The number of aliphatic hydroxyl groups is 1. The molecule has 8 heavy (non-hydrogen) atoms. The molecule has 0 atom stereocenters. The predicted octanol–water partition coefficient (Wildman–Crippen LogP) is 1.13. The predicted molar refractivity (Wildman–Crippen MR) is 31.2 cm³/mol. The summed E-state index contributed by atoms with van der Waals surface area (Å²) in [5, 5.41) is 8.93. The van der Waals surface area contributed by atoms with E-state index in [1.807, 2.05) is 0 Å². The van der Waals surface area contributed by atoms with Crippen LogP contribution in [0.2, 0.25) is 0 Å². The van der Waals surface area contributed by atoms with Crippen molar-refractivity contribution in [1.82, 2.24) is 0 Å². The highest BCUT2D eigenvalue weighted by Gasteiger charge is 2.47. The Morgan fingerprint density at radius 1 is 1.38 bits per heavy atom. The van der Waals surface area contributed by atoms with Crippen LogP contribution in [0.1, 0.15) is 25.7 Å². The number of aliphatic hydroxyl groups excluding tert-OH is 1. The summed E-state index contributed by atoms with van der Waals surface area (Å²) in [5.41, 5.74) is 0.611. The van der Waals surface area contributed by atoms with E-state index in [1.165, 1.54) is 12.8 Å². The molecule has 45 valence electrons. The molecule has 0 amide bonds. The van der Waals surface area contributed by atoms with E-state index in [4.69, 9.17) is 5.11 Å². The van der Waals surface area contributed by atoms with Crippen molar-refractivity contribution in [3.63, 3.8) is 0 Å². The van der Waals surface area contributed by atoms with Crippen molar-refractivity contribution < 1.29 is 5.11 Å². The van der Waals surface area contributed by atoms with Crippen molar-refractivity contribution in [3.05, 3.63) is 6.42 Å². The Bertz CT molecular complexity index is 97.0. The molecule has 2 aliphatic rings. The van der Waals surface area contributed by atoms with E-state index in [2.05, 4.69) is 6.42 Å². The largest absolute Gasteiger partial charge is 0.393 e. The standard InChI is InChI=1S/C7H11O/c8-6-4-7(5-6)2-1-3-7/h1,6,8H,2-5H2. The SMILES string of the molecule is OC1CC2(C[CH]C2)C1. The first-order valence-corrected chi connectivity index (χ1v) is 3.31. The van der Waals surface area contributed by atoms with Crippen molar-refractivity contribution in [3.8, 4) is 0 Å².